The zero-order valence-corrected chi connectivity index (χ0v) is 9.49. The van der Waals surface area contributed by atoms with Crippen molar-refractivity contribution in [3.05, 3.63) is 48.2 Å². The first-order valence-corrected chi connectivity index (χ1v) is 5.29. The number of hydrogen-bond donors (Lipinski definition) is 1. The van der Waals surface area contributed by atoms with Gasteiger partial charge >= 0.3 is 0 Å². The van der Waals surface area contributed by atoms with Gasteiger partial charge in [-0.1, -0.05) is 30.3 Å². The second kappa shape index (κ2) is 3.86. The highest BCUT2D eigenvalue weighted by Crippen LogP contribution is 2.25. The zero-order chi connectivity index (χ0) is 11.6. The number of H-pyrrole nitrogens is 1. The Morgan fingerprint density at radius 1 is 1.06 bits per heavy atom. The third-order valence-electron chi connectivity index (χ3n) is 2.72. The molecule has 0 radical (unpaired) electrons. The molecule has 80 valence electrons. The summed E-state index contributed by atoms with van der Waals surface area (Å²) in [6.07, 6.45) is 0. The minimum absolute atomic E-state index is 0.465. The number of nitrogens with one attached hydrogen (secondary N) is 1. The van der Waals surface area contributed by atoms with Gasteiger partial charge in [0, 0.05) is 11.4 Å². The van der Waals surface area contributed by atoms with Crippen LogP contribution in [0.1, 0.15) is 19.5 Å². The maximum atomic E-state index is 9.06. The van der Waals surface area contributed by atoms with Crippen molar-refractivity contribution in [2.45, 2.75) is 19.3 Å². The summed E-state index contributed by atoms with van der Waals surface area (Å²) in [5.74, 6) is 0. The van der Waals surface area contributed by atoms with E-state index in [9.17, 15) is 0 Å². The summed E-state index contributed by atoms with van der Waals surface area (Å²) >= 11 is 0. The standard InChI is InChI=1S/C14H14N2/c1-14(2,10-15)13-9-8-12(16-13)11-6-4-3-5-7-11/h3-9,16H,1-2H3. The van der Waals surface area contributed by atoms with Crippen LogP contribution in [-0.4, -0.2) is 4.98 Å². The van der Waals surface area contributed by atoms with Gasteiger partial charge in [0.15, 0.2) is 0 Å². The lowest BCUT2D eigenvalue weighted by Crippen LogP contribution is -2.14. The first kappa shape index (κ1) is 10.5. The lowest BCUT2D eigenvalue weighted by Gasteiger charge is -2.12. The maximum absolute atomic E-state index is 9.06. The molecule has 2 nitrogen and oxygen atoms in total. The second-order valence-corrected chi connectivity index (χ2v) is 4.39. The molecule has 1 N–H and O–H groups in total. The van der Waals surface area contributed by atoms with Crippen LogP contribution in [0.5, 0.6) is 0 Å². The fourth-order valence-corrected chi connectivity index (χ4v) is 1.61. The lowest BCUT2D eigenvalue weighted by atomic mass is 9.92. The lowest BCUT2D eigenvalue weighted by molar-refractivity contribution is 0.665. The monoisotopic (exact) mass is 210 g/mol. The van der Waals surface area contributed by atoms with Gasteiger partial charge in [0.2, 0.25) is 0 Å². The van der Waals surface area contributed by atoms with Crippen LogP contribution < -0.4 is 0 Å². The Labute approximate surface area is 95.6 Å². The molecule has 1 heterocycles. The number of aromatic amines is 1. The van der Waals surface area contributed by atoms with E-state index in [0.717, 1.165) is 17.0 Å². The summed E-state index contributed by atoms with van der Waals surface area (Å²) in [6.45, 7) is 3.82. The quantitative estimate of drug-likeness (QED) is 0.809. The van der Waals surface area contributed by atoms with Gasteiger partial charge in [0.1, 0.15) is 0 Å². The van der Waals surface area contributed by atoms with Crippen LogP contribution in [0, 0.1) is 11.3 Å². The second-order valence-electron chi connectivity index (χ2n) is 4.39. The Morgan fingerprint density at radius 3 is 2.38 bits per heavy atom. The molecule has 0 atom stereocenters. The van der Waals surface area contributed by atoms with Crippen LogP contribution in [0.3, 0.4) is 0 Å². The van der Waals surface area contributed by atoms with Crippen molar-refractivity contribution in [1.82, 2.24) is 4.98 Å². The predicted octanol–water partition coefficient (Wildman–Crippen LogP) is 3.48. The van der Waals surface area contributed by atoms with Gasteiger partial charge < -0.3 is 4.98 Å². The fraction of sp³-hybridized carbons (Fsp3) is 0.214. The minimum Gasteiger partial charge on any atom is -0.357 e. The van der Waals surface area contributed by atoms with Gasteiger partial charge in [-0.3, -0.25) is 0 Å². The van der Waals surface area contributed by atoms with Gasteiger partial charge in [0.05, 0.1) is 11.5 Å². The highest BCUT2D eigenvalue weighted by molar-refractivity contribution is 5.60. The molecule has 16 heavy (non-hydrogen) atoms. The summed E-state index contributed by atoms with van der Waals surface area (Å²) < 4.78 is 0. The average molecular weight is 210 g/mol. The molecule has 0 saturated heterocycles. The summed E-state index contributed by atoms with van der Waals surface area (Å²) in [5.41, 5.74) is 2.68. The molecule has 2 heteroatoms. The number of nitrogens with zero attached hydrogens (tertiary/aromatic N) is 1. The molecule has 2 rings (SSSR count). The van der Waals surface area contributed by atoms with E-state index in [1.807, 2.05) is 44.2 Å². The van der Waals surface area contributed by atoms with Gasteiger partial charge in [-0.05, 0) is 31.5 Å². The van der Waals surface area contributed by atoms with Crippen LogP contribution >= 0.6 is 0 Å². The molecule has 2 aromatic rings. The van der Waals surface area contributed by atoms with Crippen LogP contribution in [0.4, 0.5) is 0 Å². The van der Waals surface area contributed by atoms with E-state index in [-0.39, 0.29) is 0 Å². The van der Waals surface area contributed by atoms with Crippen molar-refractivity contribution in [2.75, 3.05) is 0 Å². The molecule has 0 fully saturated rings. The Balaban J connectivity index is 2.39. The largest absolute Gasteiger partial charge is 0.357 e. The number of benzene rings is 1. The Morgan fingerprint density at radius 2 is 1.75 bits per heavy atom. The van der Waals surface area contributed by atoms with Gasteiger partial charge in [-0.2, -0.15) is 5.26 Å². The van der Waals surface area contributed by atoms with Crippen molar-refractivity contribution in [1.29, 1.82) is 5.26 Å². The molecule has 1 aromatic heterocycles. The molecule has 1 aromatic carbocycles. The summed E-state index contributed by atoms with van der Waals surface area (Å²) in [6, 6.07) is 16.4. The van der Waals surface area contributed by atoms with Crippen LogP contribution in [0.25, 0.3) is 11.3 Å². The van der Waals surface area contributed by atoms with E-state index in [1.165, 1.54) is 0 Å². The van der Waals surface area contributed by atoms with E-state index in [2.05, 4.69) is 23.2 Å². The average Bonchev–Trinajstić information content (AvgIpc) is 2.80. The highest BCUT2D eigenvalue weighted by Gasteiger charge is 2.21. The van der Waals surface area contributed by atoms with Gasteiger partial charge in [-0.25, -0.2) is 0 Å². The van der Waals surface area contributed by atoms with Crippen LogP contribution in [0.15, 0.2) is 42.5 Å². The summed E-state index contributed by atoms with van der Waals surface area (Å²) in [7, 11) is 0. The Hall–Kier alpha value is -2.01. The molecule has 0 aliphatic carbocycles. The molecule has 0 spiro atoms. The molecule has 0 unspecified atom stereocenters. The van der Waals surface area contributed by atoms with E-state index >= 15 is 0 Å². The zero-order valence-electron chi connectivity index (χ0n) is 9.49. The molecule has 0 aliphatic heterocycles. The third-order valence-corrected chi connectivity index (χ3v) is 2.72. The molecule has 0 amide bonds. The fourth-order valence-electron chi connectivity index (χ4n) is 1.61. The van der Waals surface area contributed by atoms with Gasteiger partial charge in [-0.15, -0.1) is 0 Å². The Kier molecular flexibility index (Phi) is 2.54. The van der Waals surface area contributed by atoms with Crippen LogP contribution in [0.2, 0.25) is 0 Å². The van der Waals surface area contributed by atoms with E-state index < -0.39 is 5.41 Å². The number of rotatable bonds is 2. The van der Waals surface area contributed by atoms with Crippen molar-refractivity contribution in [3.8, 4) is 17.3 Å². The first-order chi connectivity index (χ1) is 7.63. The van der Waals surface area contributed by atoms with Crippen LogP contribution in [-0.2, 0) is 5.41 Å². The highest BCUT2D eigenvalue weighted by atomic mass is 14.7. The predicted molar refractivity (Wildman–Crippen MR) is 64.9 cm³/mol. The molecule has 0 aliphatic rings. The Bertz CT molecular complexity index is 515. The molecular formula is C14H14N2. The topological polar surface area (TPSA) is 39.6 Å². The summed E-state index contributed by atoms with van der Waals surface area (Å²) in [4.78, 5) is 3.30. The minimum atomic E-state index is -0.465. The van der Waals surface area contributed by atoms with Crippen molar-refractivity contribution < 1.29 is 0 Å². The van der Waals surface area contributed by atoms with E-state index in [4.69, 9.17) is 5.26 Å². The normalized spacial score (nSPS) is 11.1. The van der Waals surface area contributed by atoms with E-state index in [1.54, 1.807) is 0 Å². The van der Waals surface area contributed by atoms with Crippen molar-refractivity contribution in [2.24, 2.45) is 0 Å². The third kappa shape index (κ3) is 1.85. The van der Waals surface area contributed by atoms with E-state index in [0.29, 0.717) is 0 Å². The number of aromatic nitrogens is 1. The van der Waals surface area contributed by atoms with Crippen molar-refractivity contribution in [3.63, 3.8) is 0 Å². The van der Waals surface area contributed by atoms with Crippen molar-refractivity contribution >= 4 is 0 Å². The molecular weight excluding hydrogens is 196 g/mol. The SMILES string of the molecule is CC(C)(C#N)c1ccc(-c2ccccc2)[nH]1. The first-order valence-electron chi connectivity index (χ1n) is 5.29. The number of nitriles is 1. The van der Waals surface area contributed by atoms with Gasteiger partial charge in [0.25, 0.3) is 0 Å². The smallest absolute Gasteiger partial charge is 0.0915 e. The summed E-state index contributed by atoms with van der Waals surface area (Å²) in [5, 5.41) is 9.06. The number of hydrogen-bond acceptors (Lipinski definition) is 1. The molecule has 0 saturated carbocycles. The maximum Gasteiger partial charge on any atom is 0.0915 e. The molecule has 0 bridgehead atoms.